The highest BCUT2D eigenvalue weighted by atomic mass is 32.1. The number of piperidine rings is 1. The third kappa shape index (κ3) is 4.55. The first-order valence-electron chi connectivity index (χ1n) is 10.2. The van der Waals surface area contributed by atoms with Crippen LogP contribution in [0.15, 0.2) is 28.9 Å². The normalized spacial score (nSPS) is 19.7. The van der Waals surface area contributed by atoms with Crippen LogP contribution in [0.2, 0.25) is 0 Å². The monoisotopic (exact) mass is 400 g/mol. The molecule has 0 spiro atoms. The number of nitrogens with one attached hydrogen (secondary N) is 2. The molecule has 4 rings (SSSR count). The van der Waals surface area contributed by atoms with Gasteiger partial charge in [-0.25, -0.2) is 0 Å². The van der Waals surface area contributed by atoms with Crippen molar-refractivity contribution in [3.05, 3.63) is 30.2 Å². The summed E-state index contributed by atoms with van der Waals surface area (Å²) < 4.78 is 5.34. The van der Waals surface area contributed by atoms with Crippen LogP contribution in [-0.2, 0) is 6.54 Å². The highest BCUT2D eigenvalue weighted by molar-refractivity contribution is 7.80. The fraction of sp³-hybridized carbons (Fsp3) is 0.550. The van der Waals surface area contributed by atoms with Crippen LogP contribution < -0.4 is 20.4 Å². The van der Waals surface area contributed by atoms with E-state index >= 15 is 0 Å². The van der Waals surface area contributed by atoms with E-state index in [1.807, 2.05) is 12.1 Å². The molecule has 0 radical (unpaired) electrons. The number of aromatic nitrogens is 2. The van der Waals surface area contributed by atoms with Crippen LogP contribution >= 0.6 is 12.2 Å². The lowest BCUT2D eigenvalue weighted by Crippen LogP contribution is -2.38. The Labute approximate surface area is 171 Å². The first-order valence-corrected chi connectivity index (χ1v) is 10.6. The molecule has 2 aromatic rings. The van der Waals surface area contributed by atoms with Crippen molar-refractivity contribution in [3.8, 4) is 0 Å². The summed E-state index contributed by atoms with van der Waals surface area (Å²) in [6.45, 7) is 5.94. The Kier molecular flexibility index (Phi) is 5.95. The van der Waals surface area contributed by atoms with Crippen molar-refractivity contribution in [2.24, 2.45) is 0 Å². The van der Waals surface area contributed by atoms with Gasteiger partial charge in [0.05, 0.1) is 12.8 Å². The van der Waals surface area contributed by atoms with E-state index in [1.54, 1.807) is 6.26 Å². The minimum Gasteiger partial charge on any atom is -0.467 e. The summed E-state index contributed by atoms with van der Waals surface area (Å²) in [6.07, 6.45) is 7.78. The van der Waals surface area contributed by atoms with Gasteiger partial charge in [-0.3, -0.25) is 0 Å². The average Bonchev–Trinajstić information content (AvgIpc) is 3.40. The van der Waals surface area contributed by atoms with E-state index in [-0.39, 0.29) is 0 Å². The molecule has 0 aromatic carbocycles. The highest BCUT2D eigenvalue weighted by Crippen LogP contribution is 2.28. The number of furan rings is 1. The van der Waals surface area contributed by atoms with Gasteiger partial charge in [0.25, 0.3) is 0 Å². The van der Waals surface area contributed by atoms with Crippen molar-refractivity contribution < 1.29 is 4.42 Å². The largest absolute Gasteiger partial charge is 0.467 e. The van der Waals surface area contributed by atoms with Gasteiger partial charge in [0.2, 0.25) is 5.95 Å². The van der Waals surface area contributed by atoms with E-state index in [9.17, 15) is 0 Å². The number of thiocarbonyl (C=S) groups is 1. The lowest BCUT2D eigenvalue weighted by Gasteiger charge is -2.35. The first-order chi connectivity index (χ1) is 13.7. The molecule has 0 amide bonds. The summed E-state index contributed by atoms with van der Waals surface area (Å²) >= 11 is 5.44. The second kappa shape index (κ2) is 8.77. The maximum atomic E-state index is 5.44. The van der Waals surface area contributed by atoms with Gasteiger partial charge in [-0.2, -0.15) is 9.97 Å². The molecule has 2 N–H and O–H groups in total. The fourth-order valence-electron chi connectivity index (χ4n) is 3.90. The lowest BCUT2D eigenvalue weighted by atomic mass is 10.0. The second-order valence-corrected chi connectivity index (χ2v) is 7.94. The Morgan fingerprint density at radius 3 is 2.71 bits per heavy atom. The van der Waals surface area contributed by atoms with Crippen LogP contribution in [-0.4, -0.2) is 40.8 Å². The number of nitrogens with zero attached hydrogens (tertiary/aromatic N) is 4. The molecule has 2 saturated heterocycles. The number of hydrogen-bond acceptors (Lipinski definition) is 6. The van der Waals surface area contributed by atoms with Crippen LogP contribution in [0.5, 0.6) is 0 Å². The average molecular weight is 401 g/mol. The predicted octanol–water partition coefficient (Wildman–Crippen LogP) is 3.54. The maximum Gasteiger partial charge on any atom is 0.232 e. The molecule has 0 bridgehead atoms. The molecule has 2 aliphatic heterocycles. The van der Waals surface area contributed by atoms with Crippen molar-refractivity contribution in [2.75, 3.05) is 34.8 Å². The third-order valence-electron chi connectivity index (χ3n) is 5.46. The molecule has 7 nitrogen and oxygen atoms in total. The van der Waals surface area contributed by atoms with Gasteiger partial charge in [0, 0.05) is 31.7 Å². The van der Waals surface area contributed by atoms with Gasteiger partial charge in [-0.05, 0) is 63.4 Å². The van der Waals surface area contributed by atoms with Crippen molar-refractivity contribution in [3.63, 3.8) is 0 Å². The summed E-state index contributed by atoms with van der Waals surface area (Å²) in [5, 5.41) is 6.81. The van der Waals surface area contributed by atoms with E-state index in [0.29, 0.717) is 23.6 Å². The second-order valence-electron chi connectivity index (χ2n) is 7.53. The van der Waals surface area contributed by atoms with Crippen molar-refractivity contribution in [1.82, 2.24) is 15.3 Å². The number of rotatable bonds is 5. The first kappa shape index (κ1) is 19.0. The lowest BCUT2D eigenvalue weighted by molar-refractivity contribution is 0.481. The quantitative estimate of drug-likeness (QED) is 0.739. The molecule has 8 heteroatoms. The summed E-state index contributed by atoms with van der Waals surface area (Å²) in [6, 6.07) is 6.41. The van der Waals surface area contributed by atoms with Crippen LogP contribution in [0.3, 0.4) is 0 Å². The Balaban J connectivity index is 1.52. The zero-order valence-corrected chi connectivity index (χ0v) is 17.2. The molecule has 4 heterocycles. The van der Waals surface area contributed by atoms with Gasteiger partial charge in [0.15, 0.2) is 5.11 Å². The molecular formula is C20H28N6OS. The van der Waals surface area contributed by atoms with Gasteiger partial charge >= 0.3 is 0 Å². The topological polar surface area (TPSA) is 69.5 Å². The zero-order valence-electron chi connectivity index (χ0n) is 16.4. The zero-order chi connectivity index (χ0) is 19.3. The molecule has 2 aromatic heterocycles. The van der Waals surface area contributed by atoms with Gasteiger partial charge in [-0.15, -0.1) is 0 Å². The minimum absolute atomic E-state index is 0.493. The summed E-state index contributed by atoms with van der Waals surface area (Å²) in [4.78, 5) is 14.3. The van der Waals surface area contributed by atoms with E-state index in [4.69, 9.17) is 26.6 Å². The summed E-state index contributed by atoms with van der Waals surface area (Å²) in [5.74, 6) is 3.35. The maximum absolute atomic E-state index is 5.44. The molecule has 28 heavy (non-hydrogen) atoms. The molecule has 1 unspecified atom stereocenters. The van der Waals surface area contributed by atoms with Crippen LogP contribution in [0.25, 0.3) is 0 Å². The van der Waals surface area contributed by atoms with Gasteiger partial charge in [0.1, 0.15) is 17.4 Å². The molecule has 0 saturated carbocycles. The predicted molar refractivity (Wildman–Crippen MR) is 116 cm³/mol. The smallest absolute Gasteiger partial charge is 0.232 e. The van der Waals surface area contributed by atoms with E-state index in [0.717, 1.165) is 37.0 Å². The van der Waals surface area contributed by atoms with Gasteiger partial charge in [-0.1, -0.05) is 0 Å². The van der Waals surface area contributed by atoms with E-state index in [1.165, 1.54) is 32.1 Å². The molecule has 2 aliphatic rings. The summed E-state index contributed by atoms with van der Waals surface area (Å²) in [7, 11) is 0. The SMILES string of the molecule is CC1CCCCN1c1cc(N2CCCC2)nc(NC(=S)NCc2ccco2)n1. The highest BCUT2D eigenvalue weighted by Gasteiger charge is 2.23. The van der Waals surface area contributed by atoms with Crippen LogP contribution in [0.4, 0.5) is 17.6 Å². The molecule has 0 aliphatic carbocycles. The number of hydrogen-bond donors (Lipinski definition) is 2. The molecule has 150 valence electrons. The Bertz CT molecular complexity index is 790. The minimum atomic E-state index is 0.493. The Morgan fingerprint density at radius 1 is 1.18 bits per heavy atom. The Hall–Kier alpha value is -2.35. The molecule has 2 fully saturated rings. The fourth-order valence-corrected chi connectivity index (χ4v) is 4.06. The molecular weight excluding hydrogens is 372 g/mol. The van der Waals surface area contributed by atoms with Crippen molar-refractivity contribution in [1.29, 1.82) is 0 Å². The third-order valence-corrected chi connectivity index (χ3v) is 5.70. The van der Waals surface area contributed by atoms with Crippen molar-refractivity contribution in [2.45, 2.75) is 51.6 Å². The van der Waals surface area contributed by atoms with Crippen LogP contribution in [0, 0.1) is 0 Å². The number of anilines is 3. The standard InChI is InChI=1S/C20H28N6OS/c1-15-7-2-3-11-26(15)18-13-17(25-9-4-5-10-25)22-19(23-18)24-20(28)21-14-16-8-6-12-27-16/h6,8,12-13,15H,2-5,7,9-11,14H2,1H3,(H2,21,22,23,24,28). The van der Waals surface area contributed by atoms with Gasteiger partial charge < -0.3 is 24.9 Å². The van der Waals surface area contributed by atoms with E-state index in [2.05, 4.69) is 33.4 Å². The van der Waals surface area contributed by atoms with Crippen molar-refractivity contribution >= 4 is 34.9 Å². The Morgan fingerprint density at radius 2 is 1.96 bits per heavy atom. The summed E-state index contributed by atoms with van der Waals surface area (Å²) in [5.41, 5.74) is 0. The van der Waals surface area contributed by atoms with Crippen LogP contribution in [0.1, 0.15) is 44.8 Å². The van der Waals surface area contributed by atoms with E-state index < -0.39 is 0 Å². The molecule has 1 atom stereocenters.